The van der Waals surface area contributed by atoms with Gasteiger partial charge in [0.05, 0.1) is 5.69 Å². The molecule has 0 saturated heterocycles. The van der Waals surface area contributed by atoms with Crippen molar-refractivity contribution in [2.45, 2.75) is 45.7 Å². The van der Waals surface area contributed by atoms with Crippen LogP contribution in [0.5, 0.6) is 0 Å². The van der Waals surface area contributed by atoms with E-state index < -0.39 is 0 Å². The fraction of sp³-hybridized carbons (Fsp3) is 0.438. The maximum Gasteiger partial charge on any atom is 0.0624 e. The molecule has 5 heteroatoms. The Hall–Kier alpha value is -1.03. The summed E-state index contributed by atoms with van der Waals surface area (Å²) >= 11 is 12.4. The van der Waals surface area contributed by atoms with Gasteiger partial charge in [0, 0.05) is 34.7 Å². The average Bonchev–Trinajstić information content (AvgIpc) is 2.85. The molecule has 0 aliphatic carbocycles. The molecule has 0 saturated carbocycles. The van der Waals surface area contributed by atoms with Gasteiger partial charge in [-0.2, -0.15) is 5.10 Å². The number of hydrogen-bond donors (Lipinski definition) is 1. The molecule has 0 bridgehead atoms. The van der Waals surface area contributed by atoms with Crippen LogP contribution in [0.3, 0.4) is 0 Å². The lowest BCUT2D eigenvalue weighted by atomic mass is 10.0. The van der Waals surface area contributed by atoms with Crippen LogP contribution in [0.4, 0.5) is 0 Å². The molecule has 21 heavy (non-hydrogen) atoms. The van der Waals surface area contributed by atoms with Crippen LogP contribution in [0.15, 0.2) is 24.3 Å². The van der Waals surface area contributed by atoms with Crippen LogP contribution in [0.25, 0.3) is 0 Å². The smallest absolute Gasteiger partial charge is 0.0624 e. The normalized spacial score (nSPS) is 12.6. The minimum absolute atomic E-state index is 0.0332. The summed E-state index contributed by atoms with van der Waals surface area (Å²) in [5, 5.41) is 5.91. The Bertz CT molecular complexity index is 587. The minimum atomic E-state index is -0.0332. The molecule has 1 atom stereocenters. The minimum Gasteiger partial charge on any atom is -0.327 e. The second kappa shape index (κ2) is 7.30. The van der Waals surface area contributed by atoms with E-state index >= 15 is 0 Å². The van der Waals surface area contributed by atoms with Gasteiger partial charge in [0.15, 0.2) is 0 Å². The number of halogens is 2. The zero-order valence-electron chi connectivity index (χ0n) is 12.4. The fourth-order valence-electron chi connectivity index (χ4n) is 2.46. The van der Waals surface area contributed by atoms with E-state index in [9.17, 15) is 0 Å². The highest BCUT2D eigenvalue weighted by molar-refractivity contribution is 6.36. The number of nitrogens with zero attached hydrogens (tertiary/aromatic N) is 2. The van der Waals surface area contributed by atoms with E-state index in [0.29, 0.717) is 16.5 Å². The van der Waals surface area contributed by atoms with Crippen LogP contribution in [0.2, 0.25) is 10.0 Å². The van der Waals surface area contributed by atoms with Gasteiger partial charge < -0.3 is 5.73 Å². The number of aryl methyl sites for hydroxylation is 2. The molecule has 1 heterocycles. The van der Waals surface area contributed by atoms with Crippen molar-refractivity contribution in [2.24, 2.45) is 5.73 Å². The predicted octanol–water partition coefficient (Wildman–Crippen LogP) is 3.88. The van der Waals surface area contributed by atoms with Crippen molar-refractivity contribution in [3.63, 3.8) is 0 Å². The zero-order chi connectivity index (χ0) is 15.4. The highest BCUT2D eigenvalue weighted by Gasteiger charge is 2.14. The van der Waals surface area contributed by atoms with Gasteiger partial charge in [0.1, 0.15) is 0 Å². The summed E-state index contributed by atoms with van der Waals surface area (Å²) in [5.74, 6) is 0. The molecule has 1 unspecified atom stereocenters. The van der Waals surface area contributed by atoms with Gasteiger partial charge in [-0.15, -0.1) is 0 Å². The van der Waals surface area contributed by atoms with Crippen molar-refractivity contribution in [1.82, 2.24) is 9.78 Å². The van der Waals surface area contributed by atoms with Gasteiger partial charge in [-0.25, -0.2) is 0 Å². The maximum atomic E-state index is 6.29. The molecule has 2 N–H and O–H groups in total. The third-order valence-corrected chi connectivity index (χ3v) is 4.28. The van der Waals surface area contributed by atoms with E-state index in [1.165, 1.54) is 5.69 Å². The third kappa shape index (κ3) is 4.00. The Morgan fingerprint density at radius 1 is 1.19 bits per heavy atom. The van der Waals surface area contributed by atoms with Crippen LogP contribution in [-0.2, 0) is 25.8 Å². The maximum absolute atomic E-state index is 6.29. The summed E-state index contributed by atoms with van der Waals surface area (Å²) in [5.41, 5.74) is 9.49. The molecule has 0 spiro atoms. The lowest BCUT2D eigenvalue weighted by molar-refractivity contribution is 0.573. The van der Waals surface area contributed by atoms with E-state index in [1.807, 2.05) is 22.9 Å². The van der Waals surface area contributed by atoms with Crippen LogP contribution >= 0.6 is 23.2 Å². The summed E-state index contributed by atoms with van der Waals surface area (Å²) in [4.78, 5) is 0. The quantitative estimate of drug-likeness (QED) is 0.875. The molecule has 0 amide bonds. The highest BCUT2D eigenvalue weighted by atomic mass is 35.5. The first-order chi connectivity index (χ1) is 10.0. The summed E-state index contributed by atoms with van der Waals surface area (Å²) in [6.45, 7) is 5.05. The number of benzene rings is 1. The van der Waals surface area contributed by atoms with Crippen LogP contribution in [-0.4, -0.2) is 15.8 Å². The number of hydrogen-bond acceptors (Lipinski definition) is 2. The standard InChI is InChI=1S/C16H21Cl2N3/c1-3-12-10-13(21(4-2)20-12)8-11(19)9-14-15(17)6-5-7-16(14)18/h5-7,10-11H,3-4,8-9,19H2,1-2H3. The molecular weight excluding hydrogens is 305 g/mol. The van der Waals surface area contributed by atoms with Gasteiger partial charge in [0.2, 0.25) is 0 Å². The lowest BCUT2D eigenvalue weighted by Gasteiger charge is -2.14. The van der Waals surface area contributed by atoms with E-state index in [-0.39, 0.29) is 6.04 Å². The summed E-state index contributed by atoms with van der Waals surface area (Å²) < 4.78 is 2.02. The second-order valence-electron chi connectivity index (χ2n) is 5.16. The molecular formula is C16H21Cl2N3. The molecule has 3 nitrogen and oxygen atoms in total. The van der Waals surface area contributed by atoms with Gasteiger partial charge in [-0.3, -0.25) is 4.68 Å². The van der Waals surface area contributed by atoms with Crippen LogP contribution in [0.1, 0.15) is 30.8 Å². The van der Waals surface area contributed by atoms with Gasteiger partial charge >= 0.3 is 0 Å². The number of rotatable bonds is 6. The lowest BCUT2D eigenvalue weighted by Crippen LogP contribution is -2.27. The largest absolute Gasteiger partial charge is 0.327 e. The molecule has 1 aromatic carbocycles. The molecule has 0 fully saturated rings. The summed E-state index contributed by atoms with van der Waals surface area (Å²) in [7, 11) is 0. The van der Waals surface area contributed by atoms with E-state index in [0.717, 1.165) is 30.6 Å². The Labute approximate surface area is 136 Å². The SMILES string of the molecule is CCc1cc(CC(N)Cc2c(Cl)cccc2Cl)n(CC)n1. The second-order valence-corrected chi connectivity index (χ2v) is 5.98. The monoisotopic (exact) mass is 325 g/mol. The summed E-state index contributed by atoms with van der Waals surface area (Å²) in [6.07, 6.45) is 2.36. The van der Waals surface area contributed by atoms with Gasteiger partial charge in [-0.1, -0.05) is 36.2 Å². The Morgan fingerprint density at radius 3 is 2.43 bits per heavy atom. The molecule has 1 aromatic heterocycles. The van der Waals surface area contributed by atoms with Crippen molar-refractivity contribution in [3.05, 3.63) is 51.3 Å². The van der Waals surface area contributed by atoms with Crippen molar-refractivity contribution in [2.75, 3.05) is 0 Å². The number of aromatic nitrogens is 2. The van der Waals surface area contributed by atoms with E-state index in [2.05, 4.69) is 25.0 Å². The van der Waals surface area contributed by atoms with Crippen LogP contribution < -0.4 is 5.73 Å². The Balaban J connectivity index is 2.11. The van der Waals surface area contributed by atoms with E-state index in [1.54, 1.807) is 0 Å². The van der Waals surface area contributed by atoms with Crippen molar-refractivity contribution < 1.29 is 0 Å². The van der Waals surface area contributed by atoms with Crippen LogP contribution in [0, 0.1) is 0 Å². The third-order valence-electron chi connectivity index (χ3n) is 3.58. The first-order valence-electron chi connectivity index (χ1n) is 7.29. The Kier molecular flexibility index (Phi) is 5.68. The average molecular weight is 326 g/mol. The number of nitrogens with two attached hydrogens (primary N) is 1. The van der Waals surface area contributed by atoms with E-state index in [4.69, 9.17) is 28.9 Å². The Morgan fingerprint density at radius 2 is 1.86 bits per heavy atom. The van der Waals surface area contributed by atoms with Crippen molar-refractivity contribution >= 4 is 23.2 Å². The first-order valence-corrected chi connectivity index (χ1v) is 8.04. The molecule has 2 rings (SSSR count). The molecule has 114 valence electrons. The van der Waals surface area contributed by atoms with Crippen molar-refractivity contribution in [1.29, 1.82) is 0 Å². The zero-order valence-corrected chi connectivity index (χ0v) is 14.0. The molecule has 0 radical (unpaired) electrons. The topological polar surface area (TPSA) is 43.8 Å². The first kappa shape index (κ1) is 16.3. The van der Waals surface area contributed by atoms with Gasteiger partial charge in [0.25, 0.3) is 0 Å². The fourth-order valence-corrected chi connectivity index (χ4v) is 3.01. The molecule has 0 aliphatic heterocycles. The predicted molar refractivity (Wildman–Crippen MR) is 89.1 cm³/mol. The molecule has 2 aromatic rings. The summed E-state index contributed by atoms with van der Waals surface area (Å²) in [6, 6.07) is 7.65. The highest BCUT2D eigenvalue weighted by Crippen LogP contribution is 2.25. The molecule has 0 aliphatic rings. The van der Waals surface area contributed by atoms with Gasteiger partial charge in [-0.05, 0) is 43.5 Å². The van der Waals surface area contributed by atoms with Crippen molar-refractivity contribution in [3.8, 4) is 0 Å².